The van der Waals surface area contributed by atoms with Crippen LogP contribution in [0.2, 0.25) is 0 Å². The van der Waals surface area contributed by atoms with E-state index in [-0.39, 0.29) is 5.97 Å². The van der Waals surface area contributed by atoms with Gasteiger partial charge in [0.25, 0.3) is 0 Å². The molecule has 12 heavy (non-hydrogen) atoms. The maximum Gasteiger partial charge on any atom is 0.330 e. The molecular weight excluding hydrogens is 156 g/mol. The highest BCUT2D eigenvalue weighted by atomic mass is 16.5. The minimum absolute atomic E-state index is 0.365. The van der Waals surface area contributed by atoms with Crippen LogP contribution in [0.5, 0.6) is 0 Å². The number of carbonyl (C=O) groups excluding carboxylic acids is 1. The minimum atomic E-state index is -0.365. The van der Waals surface area contributed by atoms with E-state index in [1.165, 1.54) is 13.2 Å². The van der Waals surface area contributed by atoms with Crippen LogP contribution >= 0.6 is 0 Å². The van der Waals surface area contributed by atoms with Gasteiger partial charge in [0.2, 0.25) is 0 Å². The number of ether oxygens (including phenoxy) is 1. The molecule has 4 heteroatoms. The fourth-order valence-electron chi connectivity index (χ4n) is 0.769. The highest BCUT2D eigenvalue weighted by molar-refractivity contribution is 5.86. The van der Waals surface area contributed by atoms with Crippen molar-refractivity contribution in [3.63, 3.8) is 0 Å². The maximum absolute atomic E-state index is 10.7. The minimum Gasteiger partial charge on any atom is -0.466 e. The molecule has 0 radical (unpaired) electrons. The lowest BCUT2D eigenvalue weighted by molar-refractivity contribution is -0.134. The molecule has 4 nitrogen and oxygen atoms in total. The van der Waals surface area contributed by atoms with E-state index in [1.807, 2.05) is 0 Å². The fourth-order valence-corrected chi connectivity index (χ4v) is 0.769. The summed E-state index contributed by atoms with van der Waals surface area (Å²) < 4.78 is 6.10. The van der Waals surface area contributed by atoms with Crippen molar-refractivity contribution in [2.75, 3.05) is 7.11 Å². The lowest BCUT2D eigenvalue weighted by atomic mass is 10.4. The average molecular weight is 166 g/mol. The Labute approximate surface area is 70.4 Å². The van der Waals surface area contributed by atoms with Gasteiger partial charge in [-0.2, -0.15) is 5.10 Å². The summed E-state index contributed by atoms with van der Waals surface area (Å²) in [6.07, 6.45) is 4.67. The molecule has 1 heterocycles. The second-order valence-electron chi connectivity index (χ2n) is 2.24. The van der Waals surface area contributed by atoms with E-state index in [0.717, 1.165) is 5.69 Å². The van der Waals surface area contributed by atoms with Crippen LogP contribution in [0.4, 0.5) is 0 Å². The predicted molar refractivity (Wildman–Crippen MR) is 44.3 cm³/mol. The number of carbonyl (C=O) groups is 1. The summed E-state index contributed by atoms with van der Waals surface area (Å²) in [4.78, 5) is 10.7. The number of nitrogens with zero attached hydrogens (tertiary/aromatic N) is 2. The van der Waals surface area contributed by atoms with Gasteiger partial charge in [-0.15, -0.1) is 0 Å². The summed E-state index contributed by atoms with van der Waals surface area (Å²) in [6.45, 7) is 0. The molecule has 0 amide bonds. The van der Waals surface area contributed by atoms with E-state index in [9.17, 15) is 4.79 Å². The van der Waals surface area contributed by atoms with E-state index in [4.69, 9.17) is 0 Å². The molecule has 0 unspecified atom stereocenters. The van der Waals surface area contributed by atoms with Gasteiger partial charge in [0.15, 0.2) is 0 Å². The summed E-state index contributed by atoms with van der Waals surface area (Å²) in [5.74, 6) is -0.365. The molecule has 1 rings (SSSR count). The van der Waals surface area contributed by atoms with E-state index in [0.29, 0.717) is 0 Å². The number of aromatic nitrogens is 2. The molecule has 64 valence electrons. The van der Waals surface area contributed by atoms with Crippen LogP contribution in [0, 0.1) is 0 Å². The summed E-state index contributed by atoms with van der Waals surface area (Å²) in [7, 11) is 3.15. The molecule has 0 atom stereocenters. The Balaban J connectivity index is 2.69. The Morgan fingerprint density at radius 3 is 3.00 bits per heavy atom. The zero-order chi connectivity index (χ0) is 8.97. The highest BCUT2D eigenvalue weighted by Crippen LogP contribution is 1.98. The van der Waals surface area contributed by atoms with Crippen LogP contribution in [-0.2, 0) is 16.6 Å². The molecule has 0 saturated heterocycles. The number of hydrogen-bond acceptors (Lipinski definition) is 3. The van der Waals surface area contributed by atoms with Gasteiger partial charge in [0, 0.05) is 19.3 Å². The van der Waals surface area contributed by atoms with Gasteiger partial charge in [-0.3, -0.25) is 4.68 Å². The van der Waals surface area contributed by atoms with E-state index < -0.39 is 0 Å². The Bertz CT molecular complexity index is 302. The molecule has 0 aromatic carbocycles. The molecule has 0 bridgehead atoms. The third-order valence-corrected chi connectivity index (χ3v) is 1.45. The van der Waals surface area contributed by atoms with Gasteiger partial charge in [0.05, 0.1) is 12.8 Å². The normalized spacial score (nSPS) is 10.5. The number of esters is 1. The Hall–Kier alpha value is -1.58. The standard InChI is InChI=1S/C8H10N2O2/c1-10-7(5-6-9-10)3-4-8(11)12-2/h3-6H,1-2H3. The number of rotatable bonds is 2. The van der Waals surface area contributed by atoms with Crippen LogP contribution in [0.15, 0.2) is 18.3 Å². The first-order valence-corrected chi connectivity index (χ1v) is 3.48. The lowest BCUT2D eigenvalue weighted by Gasteiger charge is -1.92. The predicted octanol–water partition coefficient (Wildman–Crippen LogP) is 0.606. The molecule has 0 fully saturated rings. The molecule has 1 aromatic heterocycles. The van der Waals surface area contributed by atoms with Gasteiger partial charge in [-0.1, -0.05) is 0 Å². The van der Waals surface area contributed by atoms with Crippen LogP contribution < -0.4 is 0 Å². The van der Waals surface area contributed by atoms with E-state index in [2.05, 4.69) is 9.84 Å². The highest BCUT2D eigenvalue weighted by Gasteiger charge is 1.94. The number of methoxy groups -OCH3 is 1. The molecule has 0 aliphatic rings. The van der Waals surface area contributed by atoms with Crippen molar-refractivity contribution in [1.82, 2.24) is 9.78 Å². The van der Waals surface area contributed by atoms with Gasteiger partial charge in [-0.05, 0) is 12.1 Å². The molecular formula is C8H10N2O2. The first kappa shape index (κ1) is 8.52. The van der Waals surface area contributed by atoms with Crippen molar-refractivity contribution in [2.24, 2.45) is 7.05 Å². The van der Waals surface area contributed by atoms with Crippen LogP contribution in [-0.4, -0.2) is 22.9 Å². The van der Waals surface area contributed by atoms with Crippen LogP contribution in [0.1, 0.15) is 5.69 Å². The van der Waals surface area contributed by atoms with Crippen LogP contribution in [0.3, 0.4) is 0 Å². The number of hydrogen-bond donors (Lipinski definition) is 0. The van der Waals surface area contributed by atoms with Crippen LogP contribution in [0.25, 0.3) is 6.08 Å². The SMILES string of the molecule is COC(=O)C=Cc1ccnn1C. The maximum atomic E-state index is 10.7. The van der Waals surface area contributed by atoms with Gasteiger partial charge < -0.3 is 4.74 Å². The summed E-state index contributed by atoms with van der Waals surface area (Å²) in [5, 5.41) is 3.93. The van der Waals surface area contributed by atoms with E-state index >= 15 is 0 Å². The largest absolute Gasteiger partial charge is 0.466 e. The quantitative estimate of drug-likeness (QED) is 0.477. The molecule has 0 aliphatic heterocycles. The van der Waals surface area contributed by atoms with Gasteiger partial charge >= 0.3 is 5.97 Å². The summed E-state index contributed by atoms with van der Waals surface area (Å²) in [5.41, 5.74) is 0.861. The van der Waals surface area contributed by atoms with Crippen molar-refractivity contribution in [3.05, 3.63) is 24.0 Å². The fraction of sp³-hybridized carbons (Fsp3) is 0.250. The van der Waals surface area contributed by atoms with Crippen molar-refractivity contribution >= 4 is 12.0 Å². The second kappa shape index (κ2) is 3.71. The Morgan fingerprint density at radius 2 is 2.50 bits per heavy atom. The van der Waals surface area contributed by atoms with Crippen molar-refractivity contribution in [1.29, 1.82) is 0 Å². The van der Waals surface area contributed by atoms with Gasteiger partial charge in [0.1, 0.15) is 0 Å². The monoisotopic (exact) mass is 166 g/mol. The van der Waals surface area contributed by atoms with Gasteiger partial charge in [-0.25, -0.2) is 4.79 Å². The first-order chi connectivity index (χ1) is 5.74. The van der Waals surface area contributed by atoms with Crippen molar-refractivity contribution in [2.45, 2.75) is 0 Å². The average Bonchev–Trinajstić information content (AvgIpc) is 2.47. The third kappa shape index (κ3) is 1.95. The summed E-state index contributed by atoms with van der Waals surface area (Å²) >= 11 is 0. The Kier molecular flexibility index (Phi) is 2.63. The Morgan fingerprint density at radius 1 is 1.75 bits per heavy atom. The molecule has 0 spiro atoms. The van der Waals surface area contributed by atoms with E-state index in [1.54, 1.807) is 30.1 Å². The second-order valence-corrected chi connectivity index (χ2v) is 2.24. The zero-order valence-corrected chi connectivity index (χ0v) is 7.02. The molecule has 0 N–H and O–H groups in total. The molecule has 1 aromatic rings. The lowest BCUT2D eigenvalue weighted by Crippen LogP contribution is -1.96. The molecule has 0 saturated carbocycles. The smallest absolute Gasteiger partial charge is 0.330 e. The zero-order valence-electron chi connectivity index (χ0n) is 7.02. The summed E-state index contributed by atoms with van der Waals surface area (Å²) in [6, 6.07) is 1.80. The number of aryl methyl sites for hydroxylation is 1. The van der Waals surface area contributed by atoms with Crippen molar-refractivity contribution in [3.8, 4) is 0 Å². The van der Waals surface area contributed by atoms with Crippen molar-refractivity contribution < 1.29 is 9.53 Å². The third-order valence-electron chi connectivity index (χ3n) is 1.45. The first-order valence-electron chi connectivity index (χ1n) is 3.48. The topological polar surface area (TPSA) is 44.1 Å². The molecule has 0 aliphatic carbocycles.